The van der Waals surface area contributed by atoms with Crippen molar-refractivity contribution in [2.75, 3.05) is 26.2 Å². The molecule has 0 saturated carbocycles. The van der Waals surface area contributed by atoms with Crippen molar-refractivity contribution >= 4 is 23.1 Å². The Bertz CT molecular complexity index is 273. The first kappa shape index (κ1) is 13.3. The average molecular weight is 245 g/mol. The molecule has 1 saturated heterocycles. The van der Waals surface area contributed by atoms with Crippen LogP contribution < -0.4 is 11.1 Å². The number of carbonyl (C=O) groups is 1. The van der Waals surface area contributed by atoms with E-state index < -0.39 is 0 Å². The molecule has 2 atom stereocenters. The number of ether oxygens (including phenoxy) is 1. The molecule has 2 unspecified atom stereocenters. The van der Waals surface area contributed by atoms with Crippen molar-refractivity contribution in [1.82, 2.24) is 10.2 Å². The van der Waals surface area contributed by atoms with E-state index in [-0.39, 0.29) is 18.1 Å². The van der Waals surface area contributed by atoms with Crippen LogP contribution in [-0.4, -0.2) is 54.2 Å². The van der Waals surface area contributed by atoms with Crippen LogP contribution in [0.25, 0.3) is 0 Å². The van der Waals surface area contributed by atoms with Crippen LogP contribution in [0.15, 0.2) is 0 Å². The molecule has 0 aromatic carbocycles. The third kappa shape index (κ3) is 3.40. The summed E-state index contributed by atoms with van der Waals surface area (Å²) in [6, 6.07) is -0.166. The first-order valence-corrected chi connectivity index (χ1v) is 5.89. The van der Waals surface area contributed by atoms with Crippen LogP contribution >= 0.6 is 12.2 Å². The zero-order valence-corrected chi connectivity index (χ0v) is 10.5. The molecule has 92 valence electrons. The Hall–Kier alpha value is -0.720. The van der Waals surface area contributed by atoms with Gasteiger partial charge in [0, 0.05) is 19.6 Å². The average Bonchev–Trinajstić information content (AvgIpc) is 2.28. The predicted molar refractivity (Wildman–Crippen MR) is 66.2 cm³/mol. The van der Waals surface area contributed by atoms with E-state index in [2.05, 4.69) is 5.32 Å². The summed E-state index contributed by atoms with van der Waals surface area (Å²) in [7, 11) is 0. The monoisotopic (exact) mass is 245 g/mol. The number of amides is 1. The van der Waals surface area contributed by atoms with Crippen molar-refractivity contribution < 1.29 is 9.53 Å². The van der Waals surface area contributed by atoms with E-state index in [1.165, 1.54) is 0 Å². The topological polar surface area (TPSA) is 67.6 Å². The zero-order valence-electron chi connectivity index (χ0n) is 9.73. The van der Waals surface area contributed by atoms with E-state index in [1.54, 1.807) is 0 Å². The first-order valence-electron chi connectivity index (χ1n) is 5.49. The van der Waals surface area contributed by atoms with Gasteiger partial charge in [-0.05, 0) is 13.8 Å². The summed E-state index contributed by atoms with van der Waals surface area (Å²) in [6.07, 6.45) is -0.236. The summed E-state index contributed by atoms with van der Waals surface area (Å²) in [5.74, 6) is 0.0334. The highest BCUT2D eigenvalue weighted by molar-refractivity contribution is 7.80. The van der Waals surface area contributed by atoms with Gasteiger partial charge in [-0.1, -0.05) is 12.2 Å². The molecule has 1 fully saturated rings. The maximum Gasteiger partial charge on any atom is 0.237 e. The molecule has 16 heavy (non-hydrogen) atoms. The number of hydrogen-bond donors (Lipinski definition) is 2. The molecule has 1 amide bonds. The number of morpholine rings is 1. The molecule has 5 nitrogen and oxygen atoms in total. The maximum absolute atomic E-state index is 11.7. The lowest BCUT2D eigenvalue weighted by molar-refractivity contribution is -0.128. The second kappa shape index (κ2) is 6.12. The van der Waals surface area contributed by atoms with Gasteiger partial charge in [0.1, 0.15) is 11.1 Å². The molecule has 0 aromatic rings. The van der Waals surface area contributed by atoms with E-state index >= 15 is 0 Å². The molecule has 6 heteroatoms. The second-order valence-corrected chi connectivity index (χ2v) is 4.30. The lowest BCUT2D eigenvalue weighted by Gasteiger charge is -2.35. The quantitative estimate of drug-likeness (QED) is 0.654. The van der Waals surface area contributed by atoms with Gasteiger partial charge in [-0.25, -0.2) is 0 Å². The number of hydrogen-bond acceptors (Lipinski definition) is 4. The van der Waals surface area contributed by atoms with Crippen molar-refractivity contribution in [2.24, 2.45) is 5.73 Å². The van der Waals surface area contributed by atoms with Crippen LogP contribution in [0.1, 0.15) is 13.8 Å². The van der Waals surface area contributed by atoms with Crippen molar-refractivity contribution in [1.29, 1.82) is 0 Å². The van der Waals surface area contributed by atoms with Gasteiger partial charge in [-0.15, -0.1) is 0 Å². The standard InChI is InChI=1S/C10H19N3O2S/c1-3-12-10(14)7(2)13-4-5-15-8(6-13)9(11)16/h7-8H,3-6H2,1-2H3,(H2,11,16)(H,12,14). The largest absolute Gasteiger partial charge is 0.391 e. The van der Waals surface area contributed by atoms with Crippen LogP contribution in [0.5, 0.6) is 0 Å². The summed E-state index contributed by atoms with van der Waals surface area (Å²) in [5, 5.41) is 2.80. The summed E-state index contributed by atoms with van der Waals surface area (Å²) in [5.41, 5.74) is 5.54. The van der Waals surface area contributed by atoms with Gasteiger partial charge in [0.25, 0.3) is 0 Å². The molecule has 0 aromatic heterocycles. The van der Waals surface area contributed by atoms with Gasteiger partial charge in [-0.3, -0.25) is 9.69 Å². The molecule has 3 N–H and O–H groups in total. The van der Waals surface area contributed by atoms with Crippen LogP contribution in [0, 0.1) is 0 Å². The van der Waals surface area contributed by atoms with E-state index in [0.29, 0.717) is 24.7 Å². The fourth-order valence-corrected chi connectivity index (χ4v) is 1.82. The molecule has 1 heterocycles. The van der Waals surface area contributed by atoms with E-state index in [1.807, 2.05) is 18.7 Å². The molecule has 0 aliphatic carbocycles. The molecular formula is C10H19N3O2S. The highest BCUT2D eigenvalue weighted by Gasteiger charge is 2.28. The number of likely N-dealkylation sites (N-methyl/N-ethyl adjacent to an activating group) is 1. The van der Waals surface area contributed by atoms with Gasteiger partial charge in [0.2, 0.25) is 5.91 Å². The number of nitrogens with one attached hydrogen (secondary N) is 1. The Morgan fingerprint density at radius 2 is 2.44 bits per heavy atom. The normalized spacial score (nSPS) is 23.8. The van der Waals surface area contributed by atoms with Crippen molar-refractivity contribution in [3.63, 3.8) is 0 Å². The van der Waals surface area contributed by atoms with Gasteiger partial charge < -0.3 is 15.8 Å². The Morgan fingerprint density at radius 1 is 1.75 bits per heavy atom. The minimum atomic E-state index is -0.236. The Kier molecular flexibility index (Phi) is 5.11. The minimum absolute atomic E-state index is 0.0334. The van der Waals surface area contributed by atoms with Crippen molar-refractivity contribution in [3.05, 3.63) is 0 Å². The minimum Gasteiger partial charge on any atom is -0.391 e. The molecule has 0 bridgehead atoms. The highest BCUT2D eigenvalue weighted by atomic mass is 32.1. The number of rotatable bonds is 4. The van der Waals surface area contributed by atoms with Gasteiger partial charge >= 0.3 is 0 Å². The zero-order chi connectivity index (χ0) is 12.1. The fourth-order valence-electron chi connectivity index (χ4n) is 1.68. The third-order valence-electron chi connectivity index (χ3n) is 2.69. The Labute approximate surface area is 101 Å². The third-order valence-corrected chi connectivity index (χ3v) is 2.96. The molecule has 1 aliphatic rings. The van der Waals surface area contributed by atoms with E-state index in [9.17, 15) is 4.79 Å². The smallest absolute Gasteiger partial charge is 0.237 e. The van der Waals surface area contributed by atoms with Crippen LogP contribution in [-0.2, 0) is 9.53 Å². The molecule has 0 radical (unpaired) electrons. The summed E-state index contributed by atoms with van der Waals surface area (Å²) < 4.78 is 5.42. The van der Waals surface area contributed by atoms with Crippen molar-refractivity contribution in [2.45, 2.75) is 26.0 Å². The summed E-state index contributed by atoms with van der Waals surface area (Å²) in [4.78, 5) is 14.1. The summed E-state index contributed by atoms with van der Waals surface area (Å²) >= 11 is 4.90. The van der Waals surface area contributed by atoms with Gasteiger partial charge in [-0.2, -0.15) is 0 Å². The van der Waals surface area contributed by atoms with E-state index in [0.717, 1.165) is 6.54 Å². The Morgan fingerprint density at radius 3 is 3.00 bits per heavy atom. The van der Waals surface area contributed by atoms with E-state index in [4.69, 9.17) is 22.7 Å². The second-order valence-electron chi connectivity index (χ2n) is 3.83. The fraction of sp³-hybridized carbons (Fsp3) is 0.800. The van der Waals surface area contributed by atoms with Crippen LogP contribution in [0.4, 0.5) is 0 Å². The SMILES string of the molecule is CCNC(=O)C(C)N1CCOC(C(N)=S)C1. The van der Waals surface area contributed by atoms with Crippen LogP contribution in [0.3, 0.4) is 0 Å². The van der Waals surface area contributed by atoms with Crippen LogP contribution in [0.2, 0.25) is 0 Å². The number of nitrogens with two attached hydrogens (primary N) is 1. The molecule has 1 aliphatic heterocycles. The lowest BCUT2D eigenvalue weighted by atomic mass is 10.2. The predicted octanol–water partition coefficient (Wildman–Crippen LogP) is -0.502. The number of thiocarbonyl (C=S) groups is 1. The summed E-state index contributed by atoms with van der Waals surface area (Å²) in [6.45, 7) is 6.32. The lowest BCUT2D eigenvalue weighted by Crippen LogP contribution is -2.54. The Balaban J connectivity index is 2.52. The molecular weight excluding hydrogens is 226 g/mol. The number of carbonyl (C=O) groups excluding carboxylic acids is 1. The maximum atomic E-state index is 11.7. The highest BCUT2D eigenvalue weighted by Crippen LogP contribution is 2.09. The van der Waals surface area contributed by atoms with Crippen molar-refractivity contribution in [3.8, 4) is 0 Å². The molecule has 1 rings (SSSR count). The molecule has 0 spiro atoms. The van der Waals surface area contributed by atoms with Gasteiger partial charge in [0.15, 0.2) is 0 Å². The number of nitrogens with zero attached hydrogens (tertiary/aromatic N) is 1. The first-order chi connectivity index (χ1) is 7.56. The van der Waals surface area contributed by atoms with Gasteiger partial charge in [0.05, 0.1) is 12.6 Å².